The number of thioether (sulfide) groups is 1. The fourth-order valence-corrected chi connectivity index (χ4v) is 2.67. The van der Waals surface area contributed by atoms with Gasteiger partial charge in [-0.15, -0.1) is 11.8 Å². The normalized spacial score (nSPS) is 10.2. The first-order valence-corrected chi connectivity index (χ1v) is 7.32. The third-order valence-electron chi connectivity index (χ3n) is 2.34. The first kappa shape index (κ1) is 14.3. The molecule has 0 aliphatic heterocycles. The first-order valence-electron chi connectivity index (χ1n) is 5.58. The molecule has 0 saturated carbocycles. The standard InChI is InChI=1S/C14H11Cl2NOS/c15-11-7-4-8-12(16)14(11)17-13(18)9-19-10-5-2-1-3-6-10/h1-8H,9H2,(H,17,18). The van der Waals surface area contributed by atoms with Crippen LogP contribution in [-0.2, 0) is 4.79 Å². The Morgan fingerprint density at radius 2 is 1.63 bits per heavy atom. The summed E-state index contributed by atoms with van der Waals surface area (Å²) in [4.78, 5) is 12.9. The average molecular weight is 312 g/mol. The summed E-state index contributed by atoms with van der Waals surface area (Å²) in [6, 6.07) is 14.8. The molecule has 0 heterocycles. The zero-order chi connectivity index (χ0) is 13.7. The summed E-state index contributed by atoms with van der Waals surface area (Å²) < 4.78 is 0. The van der Waals surface area contributed by atoms with Crippen molar-refractivity contribution in [2.75, 3.05) is 11.1 Å². The number of benzene rings is 2. The monoisotopic (exact) mass is 311 g/mol. The Kier molecular flexibility index (Phi) is 5.14. The smallest absolute Gasteiger partial charge is 0.234 e. The number of rotatable bonds is 4. The SMILES string of the molecule is O=C(CSc1ccccc1)Nc1c(Cl)cccc1Cl. The number of carbonyl (C=O) groups is 1. The maximum Gasteiger partial charge on any atom is 0.234 e. The highest BCUT2D eigenvalue weighted by Crippen LogP contribution is 2.30. The van der Waals surface area contributed by atoms with Crippen molar-refractivity contribution in [2.45, 2.75) is 4.90 Å². The van der Waals surface area contributed by atoms with Gasteiger partial charge in [-0.1, -0.05) is 47.5 Å². The molecule has 0 fully saturated rings. The molecule has 0 atom stereocenters. The van der Waals surface area contributed by atoms with Crippen LogP contribution in [0.3, 0.4) is 0 Å². The van der Waals surface area contributed by atoms with Crippen LogP contribution in [0.5, 0.6) is 0 Å². The van der Waals surface area contributed by atoms with Gasteiger partial charge in [-0.25, -0.2) is 0 Å². The molecule has 2 aromatic rings. The third kappa shape index (κ3) is 4.16. The van der Waals surface area contributed by atoms with Gasteiger partial charge >= 0.3 is 0 Å². The molecule has 0 bridgehead atoms. The number of halogens is 2. The predicted octanol–water partition coefficient (Wildman–Crippen LogP) is 4.72. The Hall–Kier alpha value is -1.16. The minimum absolute atomic E-state index is 0.135. The lowest BCUT2D eigenvalue weighted by Gasteiger charge is -2.08. The van der Waals surface area contributed by atoms with Gasteiger partial charge in [-0.2, -0.15) is 0 Å². The molecular formula is C14H11Cl2NOS. The molecule has 0 aromatic heterocycles. The molecule has 19 heavy (non-hydrogen) atoms. The Morgan fingerprint density at radius 3 is 2.26 bits per heavy atom. The van der Waals surface area contributed by atoms with E-state index in [1.165, 1.54) is 11.8 Å². The Labute approximate surface area is 126 Å². The van der Waals surface area contributed by atoms with E-state index in [0.29, 0.717) is 21.5 Å². The molecule has 5 heteroatoms. The molecule has 2 nitrogen and oxygen atoms in total. The van der Waals surface area contributed by atoms with Crippen LogP contribution in [0.25, 0.3) is 0 Å². The number of para-hydroxylation sites is 1. The van der Waals surface area contributed by atoms with Gasteiger partial charge in [0.05, 0.1) is 21.5 Å². The van der Waals surface area contributed by atoms with E-state index >= 15 is 0 Å². The van der Waals surface area contributed by atoms with Crippen LogP contribution in [0.4, 0.5) is 5.69 Å². The largest absolute Gasteiger partial charge is 0.323 e. The number of hydrogen-bond donors (Lipinski definition) is 1. The highest BCUT2D eigenvalue weighted by atomic mass is 35.5. The Bertz CT molecular complexity index is 555. The van der Waals surface area contributed by atoms with Gasteiger partial charge in [0, 0.05) is 4.90 Å². The topological polar surface area (TPSA) is 29.1 Å². The van der Waals surface area contributed by atoms with E-state index in [4.69, 9.17) is 23.2 Å². The van der Waals surface area contributed by atoms with Crippen molar-refractivity contribution in [1.29, 1.82) is 0 Å². The van der Waals surface area contributed by atoms with E-state index in [0.717, 1.165) is 4.90 Å². The summed E-state index contributed by atoms with van der Waals surface area (Å²) in [5.74, 6) is 0.176. The fraction of sp³-hybridized carbons (Fsp3) is 0.0714. The molecular weight excluding hydrogens is 301 g/mol. The zero-order valence-corrected chi connectivity index (χ0v) is 12.2. The Balaban J connectivity index is 1.95. The molecule has 0 aliphatic carbocycles. The van der Waals surface area contributed by atoms with Crippen LogP contribution in [-0.4, -0.2) is 11.7 Å². The van der Waals surface area contributed by atoms with Gasteiger partial charge in [0.1, 0.15) is 0 Å². The van der Waals surface area contributed by atoms with Crippen molar-refractivity contribution in [3.8, 4) is 0 Å². The second-order valence-corrected chi connectivity index (χ2v) is 5.61. The van der Waals surface area contributed by atoms with Crippen molar-refractivity contribution in [1.82, 2.24) is 0 Å². The fourth-order valence-electron chi connectivity index (χ4n) is 1.46. The van der Waals surface area contributed by atoms with Gasteiger partial charge in [0.15, 0.2) is 0 Å². The molecule has 0 unspecified atom stereocenters. The molecule has 1 amide bonds. The second kappa shape index (κ2) is 6.85. The Morgan fingerprint density at radius 1 is 1.00 bits per heavy atom. The van der Waals surface area contributed by atoms with Crippen LogP contribution >= 0.6 is 35.0 Å². The number of nitrogens with one attached hydrogen (secondary N) is 1. The average Bonchev–Trinajstić information content (AvgIpc) is 2.42. The van der Waals surface area contributed by atoms with Gasteiger partial charge < -0.3 is 5.32 Å². The molecule has 0 radical (unpaired) electrons. The van der Waals surface area contributed by atoms with E-state index in [1.54, 1.807) is 18.2 Å². The van der Waals surface area contributed by atoms with E-state index in [1.807, 2.05) is 30.3 Å². The third-order valence-corrected chi connectivity index (χ3v) is 3.98. The van der Waals surface area contributed by atoms with Crippen molar-refractivity contribution in [3.63, 3.8) is 0 Å². The predicted molar refractivity (Wildman–Crippen MR) is 82.3 cm³/mol. The lowest BCUT2D eigenvalue weighted by molar-refractivity contribution is -0.113. The minimum atomic E-state index is -0.135. The van der Waals surface area contributed by atoms with Crippen molar-refractivity contribution in [2.24, 2.45) is 0 Å². The highest BCUT2D eigenvalue weighted by Gasteiger charge is 2.09. The van der Waals surface area contributed by atoms with Crippen LogP contribution in [0, 0.1) is 0 Å². The number of anilines is 1. The van der Waals surface area contributed by atoms with Crippen molar-refractivity contribution < 1.29 is 4.79 Å². The van der Waals surface area contributed by atoms with Gasteiger partial charge in [-0.3, -0.25) is 4.79 Å². The molecule has 2 aromatic carbocycles. The van der Waals surface area contributed by atoms with Crippen molar-refractivity contribution in [3.05, 3.63) is 58.6 Å². The lowest BCUT2D eigenvalue weighted by Crippen LogP contribution is -2.14. The maximum atomic E-state index is 11.8. The zero-order valence-electron chi connectivity index (χ0n) is 9.90. The number of carbonyl (C=O) groups excluding carboxylic acids is 1. The molecule has 0 aliphatic rings. The summed E-state index contributed by atoms with van der Waals surface area (Å²) in [6.45, 7) is 0. The summed E-state index contributed by atoms with van der Waals surface area (Å²) in [7, 11) is 0. The molecule has 1 N–H and O–H groups in total. The van der Waals surface area contributed by atoms with Crippen molar-refractivity contribution >= 4 is 46.6 Å². The van der Waals surface area contributed by atoms with E-state index in [9.17, 15) is 4.79 Å². The summed E-state index contributed by atoms with van der Waals surface area (Å²) in [6.07, 6.45) is 0. The summed E-state index contributed by atoms with van der Waals surface area (Å²) in [5.41, 5.74) is 0.462. The van der Waals surface area contributed by atoms with Gasteiger partial charge in [0.25, 0.3) is 0 Å². The van der Waals surface area contributed by atoms with E-state index in [2.05, 4.69) is 5.32 Å². The molecule has 0 saturated heterocycles. The van der Waals surface area contributed by atoms with E-state index < -0.39 is 0 Å². The van der Waals surface area contributed by atoms with Crippen LogP contribution in [0.2, 0.25) is 10.0 Å². The number of amides is 1. The molecule has 0 spiro atoms. The second-order valence-electron chi connectivity index (χ2n) is 3.75. The maximum absolute atomic E-state index is 11.8. The summed E-state index contributed by atoms with van der Waals surface area (Å²) in [5, 5.41) is 3.60. The number of hydrogen-bond acceptors (Lipinski definition) is 2. The highest BCUT2D eigenvalue weighted by molar-refractivity contribution is 8.00. The summed E-state index contributed by atoms with van der Waals surface area (Å²) >= 11 is 13.4. The first-order chi connectivity index (χ1) is 9.16. The quantitative estimate of drug-likeness (QED) is 0.827. The van der Waals surface area contributed by atoms with Gasteiger partial charge in [0.2, 0.25) is 5.91 Å². The van der Waals surface area contributed by atoms with Crippen LogP contribution in [0.15, 0.2) is 53.4 Å². The molecule has 2 rings (SSSR count). The van der Waals surface area contributed by atoms with Crippen LogP contribution in [0.1, 0.15) is 0 Å². The van der Waals surface area contributed by atoms with Gasteiger partial charge in [-0.05, 0) is 24.3 Å². The molecule has 98 valence electrons. The minimum Gasteiger partial charge on any atom is -0.323 e. The lowest BCUT2D eigenvalue weighted by atomic mass is 10.3. The van der Waals surface area contributed by atoms with Crippen LogP contribution < -0.4 is 5.32 Å². The van der Waals surface area contributed by atoms with E-state index in [-0.39, 0.29) is 5.91 Å².